The fourth-order valence-electron chi connectivity index (χ4n) is 1.28. The van der Waals surface area contributed by atoms with E-state index in [1.165, 1.54) is 0 Å². The Labute approximate surface area is 91.4 Å². The minimum absolute atomic E-state index is 0.190. The molecular weight excluding hydrogens is 246 g/mol. The molecule has 0 aromatic heterocycles. The van der Waals surface area contributed by atoms with Crippen LogP contribution >= 0.6 is 15.9 Å². The van der Waals surface area contributed by atoms with Crippen LogP contribution in [0.1, 0.15) is 24.0 Å². The van der Waals surface area contributed by atoms with Gasteiger partial charge in [-0.2, -0.15) is 0 Å². The summed E-state index contributed by atoms with van der Waals surface area (Å²) in [5, 5.41) is 11.4. The summed E-state index contributed by atoms with van der Waals surface area (Å²) < 4.78 is 0. The Morgan fingerprint density at radius 2 is 2.21 bits per heavy atom. The second-order valence-electron chi connectivity index (χ2n) is 3.36. The first kappa shape index (κ1) is 11.2. The number of aryl methyl sites for hydroxylation is 1. The average molecular weight is 258 g/mol. The fraction of sp³-hybridized carbons (Fsp3) is 0.400. The fourth-order valence-corrected chi connectivity index (χ4v) is 1.65. The van der Waals surface area contributed by atoms with Gasteiger partial charge in [0.1, 0.15) is 0 Å². The largest absolute Gasteiger partial charge is 0.272 e. The van der Waals surface area contributed by atoms with E-state index < -0.39 is 0 Å². The number of halogens is 1. The molecule has 0 spiro atoms. The van der Waals surface area contributed by atoms with Crippen LogP contribution in [0.5, 0.6) is 0 Å². The average Bonchev–Trinajstić information content (AvgIpc) is 2.15. The highest BCUT2D eigenvalue weighted by atomic mass is 79.9. The van der Waals surface area contributed by atoms with Crippen molar-refractivity contribution < 1.29 is 4.92 Å². The summed E-state index contributed by atoms with van der Waals surface area (Å²) in [6.45, 7) is 3.85. The smallest absolute Gasteiger partial charge is 0.258 e. The van der Waals surface area contributed by atoms with Crippen molar-refractivity contribution in [1.82, 2.24) is 0 Å². The van der Waals surface area contributed by atoms with Crippen LogP contribution < -0.4 is 0 Å². The van der Waals surface area contributed by atoms with Crippen molar-refractivity contribution in [2.24, 2.45) is 0 Å². The van der Waals surface area contributed by atoms with Gasteiger partial charge in [-0.3, -0.25) is 10.1 Å². The predicted octanol–water partition coefficient (Wildman–Crippen LogP) is 3.40. The molecule has 1 aromatic carbocycles. The Morgan fingerprint density at radius 1 is 1.57 bits per heavy atom. The molecule has 76 valence electrons. The molecule has 0 amide bonds. The number of hydrogen-bond donors (Lipinski definition) is 0. The van der Waals surface area contributed by atoms with E-state index in [1.54, 1.807) is 13.0 Å². The number of nitrogens with zero attached hydrogens (tertiary/aromatic N) is 1. The molecule has 3 nitrogen and oxygen atoms in total. The topological polar surface area (TPSA) is 43.1 Å². The second kappa shape index (κ2) is 4.55. The Morgan fingerprint density at radius 3 is 2.64 bits per heavy atom. The maximum atomic E-state index is 10.6. The van der Waals surface area contributed by atoms with Crippen molar-refractivity contribution in [3.8, 4) is 0 Å². The van der Waals surface area contributed by atoms with Crippen molar-refractivity contribution in [2.75, 3.05) is 5.33 Å². The molecule has 0 N–H and O–H groups in total. The van der Waals surface area contributed by atoms with Gasteiger partial charge >= 0.3 is 0 Å². The number of hydrogen-bond acceptors (Lipinski definition) is 2. The summed E-state index contributed by atoms with van der Waals surface area (Å²) in [5.74, 6) is 0.384. The van der Waals surface area contributed by atoms with Gasteiger partial charge < -0.3 is 0 Å². The summed E-state index contributed by atoms with van der Waals surface area (Å²) in [6, 6.07) is 5.27. The molecule has 1 rings (SSSR count). The van der Waals surface area contributed by atoms with Gasteiger partial charge in [0.2, 0.25) is 0 Å². The third-order valence-corrected chi connectivity index (χ3v) is 3.19. The molecule has 0 heterocycles. The standard InChI is InChI=1S/C10H12BrNO2/c1-7-5-9(8(2)6-11)3-4-10(7)12(13)14/h3-5,8H,6H2,1-2H3. The third-order valence-electron chi connectivity index (χ3n) is 2.22. The first-order valence-electron chi connectivity index (χ1n) is 4.37. The molecule has 1 atom stereocenters. The molecule has 0 radical (unpaired) electrons. The van der Waals surface area contributed by atoms with E-state index in [1.807, 2.05) is 12.1 Å². The molecule has 0 bridgehead atoms. The van der Waals surface area contributed by atoms with Crippen molar-refractivity contribution in [1.29, 1.82) is 0 Å². The summed E-state index contributed by atoms with van der Waals surface area (Å²) in [4.78, 5) is 10.2. The molecule has 0 saturated carbocycles. The number of benzene rings is 1. The summed E-state index contributed by atoms with van der Waals surface area (Å²) >= 11 is 3.39. The summed E-state index contributed by atoms with van der Waals surface area (Å²) in [7, 11) is 0. The van der Waals surface area contributed by atoms with Gasteiger partial charge in [-0.05, 0) is 24.5 Å². The highest BCUT2D eigenvalue weighted by Gasteiger charge is 2.12. The van der Waals surface area contributed by atoms with Crippen LogP contribution in [0.15, 0.2) is 18.2 Å². The van der Waals surface area contributed by atoms with E-state index >= 15 is 0 Å². The van der Waals surface area contributed by atoms with Gasteiger partial charge in [0, 0.05) is 17.0 Å². The van der Waals surface area contributed by atoms with Crippen LogP contribution in [-0.4, -0.2) is 10.3 Å². The van der Waals surface area contributed by atoms with E-state index in [2.05, 4.69) is 22.9 Å². The summed E-state index contributed by atoms with van der Waals surface area (Å²) in [6.07, 6.45) is 0. The maximum Gasteiger partial charge on any atom is 0.272 e. The zero-order valence-corrected chi connectivity index (χ0v) is 9.74. The molecular formula is C10H12BrNO2. The Balaban J connectivity index is 3.06. The Kier molecular flexibility index (Phi) is 3.63. The zero-order chi connectivity index (χ0) is 10.7. The quantitative estimate of drug-likeness (QED) is 0.473. The predicted molar refractivity (Wildman–Crippen MR) is 60.0 cm³/mol. The van der Waals surface area contributed by atoms with E-state index in [4.69, 9.17) is 0 Å². The lowest BCUT2D eigenvalue weighted by molar-refractivity contribution is -0.385. The van der Waals surface area contributed by atoms with Crippen LogP contribution in [0.2, 0.25) is 0 Å². The van der Waals surface area contributed by atoms with Crippen molar-refractivity contribution >= 4 is 21.6 Å². The van der Waals surface area contributed by atoms with Crippen molar-refractivity contribution in [3.63, 3.8) is 0 Å². The van der Waals surface area contributed by atoms with E-state index in [-0.39, 0.29) is 10.6 Å². The Bertz CT molecular complexity index is 352. The van der Waals surface area contributed by atoms with E-state index in [0.29, 0.717) is 5.92 Å². The third kappa shape index (κ3) is 2.32. The van der Waals surface area contributed by atoms with Crippen molar-refractivity contribution in [2.45, 2.75) is 19.8 Å². The van der Waals surface area contributed by atoms with E-state index in [0.717, 1.165) is 16.5 Å². The van der Waals surface area contributed by atoms with Gasteiger partial charge in [-0.25, -0.2) is 0 Å². The molecule has 0 aliphatic rings. The molecule has 1 unspecified atom stereocenters. The summed E-state index contributed by atoms with van der Waals surface area (Å²) in [5.41, 5.74) is 2.04. The number of rotatable bonds is 3. The first-order valence-corrected chi connectivity index (χ1v) is 5.49. The van der Waals surface area contributed by atoms with Gasteiger partial charge in [0.25, 0.3) is 5.69 Å². The first-order chi connectivity index (χ1) is 6.56. The van der Waals surface area contributed by atoms with E-state index in [9.17, 15) is 10.1 Å². The Hall–Kier alpha value is -0.900. The number of nitro groups is 1. The normalized spacial score (nSPS) is 12.5. The van der Waals surface area contributed by atoms with Gasteiger partial charge in [0.05, 0.1) is 4.92 Å². The highest BCUT2D eigenvalue weighted by molar-refractivity contribution is 9.09. The van der Waals surface area contributed by atoms with Gasteiger partial charge in [0.15, 0.2) is 0 Å². The monoisotopic (exact) mass is 257 g/mol. The molecule has 1 aromatic rings. The molecule has 0 aliphatic carbocycles. The number of alkyl halides is 1. The van der Waals surface area contributed by atoms with Crippen molar-refractivity contribution in [3.05, 3.63) is 39.4 Å². The van der Waals surface area contributed by atoms with Crippen LogP contribution in [0.4, 0.5) is 5.69 Å². The molecule has 0 fully saturated rings. The molecule has 4 heteroatoms. The lowest BCUT2D eigenvalue weighted by Crippen LogP contribution is -1.97. The zero-order valence-electron chi connectivity index (χ0n) is 8.16. The van der Waals surface area contributed by atoms with Crippen LogP contribution in [0.3, 0.4) is 0 Å². The number of nitro benzene ring substituents is 1. The lowest BCUT2D eigenvalue weighted by Gasteiger charge is -2.08. The van der Waals surface area contributed by atoms with Gasteiger partial charge in [-0.15, -0.1) is 0 Å². The van der Waals surface area contributed by atoms with Gasteiger partial charge in [-0.1, -0.05) is 28.9 Å². The van der Waals surface area contributed by atoms with Crippen LogP contribution in [-0.2, 0) is 0 Å². The maximum absolute atomic E-state index is 10.6. The molecule has 0 saturated heterocycles. The SMILES string of the molecule is Cc1cc(C(C)CBr)ccc1[N+](=O)[O-]. The van der Waals surface area contributed by atoms with Crippen LogP contribution in [0.25, 0.3) is 0 Å². The molecule has 14 heavy (non-hydrogen) atoms. The second-order valence-corrected chi connectivity index (χ2v) is 4.01. The highest BCUT2D eigenvalue weighted by Crippen LogP contribution is 2.24. The minimum Gasteiger partial charge on any atom is -0.258 e. The lowest BCUT2D eigenvalue weighted by atomic mass is 10.0. The van der Waals surface area contributed by atoms with Crippen LogP contribution in [0, 0.1) is 17.0 Å². The minimum atomic E-state index is -0.349. The molecule has 0 aliphatic heterocycles.